The summed E-state index contributed by atoms with van der Waals surface area (Å²) in [6.07, 6.45) is 61.4. The minimum absolute atomic E-state index is 0.0458. The highest BCUT2D eigenvalue weighted by atomic mass is 31.2. The molecule has 0 aliphatic rings. The molecule has 0 aromatic rings. The number of hydrogen-bond acceptors (Lipinski definition) is 8. The molecule has 63 heavy (non-hydrogen) atoms. The van der Waals surface area contributed by atoms with E-state index >= 15 is 0 Å². The van der Waals surface area contributed by atoms with Crippen molar-refractivity contribution in [3.63, 3.8) is 0 Å². The number of allylic oxidation sites excluding steroid dienone is 20. The first kappa shape index (κ1) is 59.4. The van der Waals surface area contributed by atoms with Crippen LogP contribution < -0.4 is 4.89 Å². The van der Waals surface area contributed by atoms with Gasteiger partial charge in [-0.1, -0.05) is 167 Å². The molecule has 0 N–H and O–H groups in total. The van der Waals surface area contributed by atoms with Gasteiger partial charge in [0.25, 0.3) is 7.82 Å². The fraction of sp³-hybridized carbons (Fsp3) is 0.585. The summed E-state index contributed by atoms with van der Waals surface area (Å²) in [5, 5.41) is 0. The SMILES string of the molecule is CC/C=C\C/C=C\C/C=C\C/C=C\C/C=C\C/C=C\C/C=C\C/C=C\C/C=C\C/C=C\CCCCC(=O)OC(COC(=O)CCCCCCCC)COP(=O)([O-])OCC[N+](C)(C)C. The number of hydrogen-bond donors (Lipinski definition) is 0. The van der Waals surface area contributed by atoms with Crippen LogP contribution in [0.5, 0.6) is 0 Å². The van der Waals surface area contributed by atoms with Crippen molar-refractivity contribution in [2.45, 2.75) is 155 Å². The molecule has 0 heterocycles. The van der Waals surface area contributed by atoms with E-state index in [-0.39, 0.29) is 26.1 Å². The first-order chi connectivity index (χ1) is 30.5. The van der Waals surface area contributed by atoms with Gasteiger partial charge < -0.3 is 27.9 Å². The number of unbranched alkanes of at least 4 members (excludes halogenated alkanes) is 7. The van der Waals surface area contributed by atoms with E-state index in [1.807, 2.05) is 21.1 Å². The van der Waals surface area contributed by atoms with Gasteiger partial charge in [-0.15, -0.1) is 0 Å². The van der Waals surface area contributed by atoms with Crippen molar-refractivity contribution in [1.29, 1.82) is 0 Å². The third-order valence-electron chi connectivity index (χ3n) is 9.25. The minimum atomic E-state index is -4.64. The van der Waals surface area contributed by atoms with Crippen LogP contribution in [0.1, 0.15) is 149 Å². The monoisotopic (exact) mass is 896 g/mol. The topological polar surface area (TPSA) is 111 Å². The van der Waals surface area contributed by atoms with Crippen LogP contribution in [0.25, 0.3) is 0 Å². The maximum atomic E-state index is 12.6. The van der Waals surface area contributed by atoms with Gasteiger partial charge in [-0.05, 0) is 89.9 Å². The number of rotatable bonds is 41. The van der Waals surface area contributed by atoms with Gasteiger partial charge in [0.2, 0.25) is 0 Å². The van der Waals surface area contributed by atoms with Crippen molar-refractivity contribution < 1.29 is 42.1 Å². The van der Waals surface area contributed by atoms with Crippen LogP contribution in [-0.2, 0) is 32.7 Å². The lowest BCUT2D eigenvalue weighted by molar-refractivity contribution is -0.870. The van der Waals surface area contributed by atoms with Gasteiger partial charge in [0.05, 0.1) is 27.7 Å². The Balaban J connectivity index is 4.22. The number of quaternary nitrogens is 1. The second-order valence-electron chi connectivity index (χ2n) is 16.4. The molecule has 0 bridgehead atoms. The van der Waals surface area contributed by atoms with E-state index in [1.165, 1.54) is 6.42 Å². The molecule has 2 unspecified atom stereocenters. The van der Waals surface area contributed by atoms with Crippen LogP contribution in [0.4, 0.5) is 0 Å². The Hall–Kier alpha value is -3.59. The summed E-state index contributed by atoms with van der Waals surface area (Å²) in [6.45, 7) is 3.95. The molecule has 0 aromatic carbocycles. The molecule has 0 saturated carbocycles. The molecule has 0 aromatic heterocycles. The minimum Gasteiger partial charge on any atom is -0.756 e. The lowest BCUT2D eigenvalue weighted by Gasteiger charge is -2.28. The largest absolute Gasteiger partial charge is 0.756 e. The second-order valence-corrected chi connectivity index (χ2v) is 17.8. The van der Waals surface area contributed by atoms with E-state index in [0.29, 0.717) is 23.9 Å². The van der Waals surface area contributed by atoms with E-state index in [0.717, 1.165) is 103 Å². The molecule has 9 nitrogen and oxygen atoms in total. The smallest absolute Gasteiger partial charge is 0.306 e. The van der Waals surface area contributed by atoms with E-state index in [1.54, 1.807) is 0 Å². The number of esters is 2. The zero-order valence-corrected chi connectivity index (χ0v) is 40.9. The summed E-state index contributed by atoms with van der Waals surface area (Å²) in [7, 11) is 1.11. The van der Waals surface area contributed by atoms with Crippen LogP contribution >= 0.6 is 7.82 Å². The molecule has 2 atom stereocenters. The highest BCUT2D eigenvalue weighted by molar-refractivity contribution is 7.45. The quantitative estimate of drug-likeness (QED) is 0.0196. The molecule has 0 fully saturated rings. The molecule has 356 valence electrons. The molecule has 0 aliphatic carbocycles. The molecule has 0 radical (unpaired) electrons. The van der Waals surface area contributed by atoms with Crippen molar-refractivity contribution in [2.24, 2.45) is 0 Å². The maximum absolute atomic E-state index is 12.6. The lowest BCUT2D eigenvalue weighted by atomic mass is 10.1. The molecule has 0 aliphatic heterocycles. The molecular formula is C53H86NO8P. The Labute approximate surface area is 384 Å². The third kappa shape index (κ3) is 47.7. The van der Waals surface area contributed by atoms with Gasteiger partial charge in [0.15, 0.2) is 6.10 Å². The Kier molecular flexibility index (Phi) is 41.2. The third-order valence-corrected chi connectivity index (χ3v) is 10.2. The van der Waals surface area contributed by atoms with Crippen LogP contribution in [0.3, 0.4) is 0 Å². The average molecular weight is 896 g/mol. The highest BCUT2D eigenvalue weighted by Crippen LogP contribution is 2.38. The maximum Gasteiger partial charge on any atom is 0.306 e. The van der Waals surface area contributed by atoms with Crippen molar-refractivity contribution in [2.75, 3.05) is 47.5 Å². The zero-order valence-electron chi connectivity index (χ0n) is 40.0. The first-order valence-corrected chi connectivity index (χ1v) is 25.2. The molecule has 0 saturated heterocycles. The van der Waals surface area contributed by atoms with Crippen molar-refractivity contribution in [3.05, 3.63) is 122 Å². The predicted octanol–water partition coefficient (Wildman–Crippen LogP) is 13.4. The van der Waals surface area contributed by atoms with E-state index in [2.05, 4.69) is 135 Å². The normalized spacial score (nSPS) is 14.6. The summed E-state index contributed by atoms with van der Waals surface area (Å²) in [4.78, 5) is 37.3. The first-order valence-electron chi connectivity index (χ1n) is 23.7. The highest BCUT2D eigenvalue weighted by Gasteiger charge is 2.21. The Bertz CT molecular complexity index is 1480. The van der Waals surface area contributed by atoms with Gasteiger partial charge in [-0.25, -0.2) is 0 Å². The second kappa shape index (κ2) is 43.7. The Morgan fingerprint density at radius 1 is 0.508 bits per heavy atom. The number of phosphoric acid groups is 1. The van der Waals surface area contributed by atoms with Crippen molar-refractivity contribution >= 4 is 19.8 Å². The summed E-state index contributed by atoms with van der Waals surface area (Å²) in [5.41, 5.74) is 0. The standard InChI is InChI=1S/C53H86NO8P/c1-6-8-10-12-14-15-16-17-18-19-20-21-22-23-24-25-26-27-28-29-30-31-32-33-34-35-36-37-38-39-40-42-44-46-53(56)62-51(49-59-52(55)45-43-41-13-11-9-7-2)50-61-63(57,58)60-48-47-54(3,4)5/h8,10,14-15,17-18,20-21,23-24,26-27,29-30,32-33,35-36,38-39,51H,6-7,9,11-13,16,19,22,25,28,31,34,37,40-50H2,1-5H3/b10-8-,15-14-,18-17-,21-20-,24-23-,27-26-,30-29-,33-32-,36-35-,39-38-. The van der Waals surface area contributed by atoms with Crippen LogP contribution in [0.15, 0.2) is 122 Å². The number of carbonyl (C=O) groups excluding carboxylic acids is 2. The van der Waals surface area contributed by atoms with Crippen LogP contribution in [0.2, 0.25) is 0 Å². The summed E-state index contributed by atoms with van der Waals surface area (Å²) in [6, 6.07) is 0. The fourth-order valence-electron chi connectivity index (χ4n) is 5.56. The number of carbonyl (C=O) groups is 2. The molecular weight excluding hydrogens is 810 g/mol. The number of nitrogens with zero attached hydrogens (tertiary/aromatic N) is 1. The Morgan fingerprint density at radius 3 is 1.35 bits per heavy atom. The van der Waals surface area contributed by atoms with Crippen molar-refractivity contribution in [1.82, 2.24) is 0 Å². The van der Waals surface area contributed by atoms with Crippen LogP contribution in [-0.4, -0.2) is 70.0 Å². The average Bonchev–Trinajstić information content (AvgIpc) is 3.24. The predicted molar refractivity (Wildman–Crippen MR) is 263 cm³/mol. The zero-order chi connectivity index (χ0) is 46.4. The van der Waals surface area contributed by atoms with Gasteiger partial charge >= 0.3 is 11.9 Å². The van der Waals surface area contributed by atoms with E-state index < -0.39 is 32.5 Å². The summed E-state index contributed by atoms with van der Waals surface area (Å²) < 4.78 is 33.7. The number of ether oxygens (including phenoxy) is 2. The van der Waals surface area contributed by atoms with Crippen molar-refractivity contribution in [3.8, 4) is 0 Å². The molecule has 10 heteroatoms. The molecule has 0 spiro atoms. The Morgan fingerprint density at radius 2 is 0.905 bits per heavy atom. The summed E-state index contributed by atoms with van der Waals surface area (Å²) in [5.74, 6) is -0.909. The van der Waals surface area contributed by atoms with E-state index in [4.69, 9.17) is 18.5 Å². The molecule has 0 rings (SSSR count). The number of phosphoric ester groups is 1. The fourth-order valence-corrected chi connectivity index (χ4v) is 6.29. The lowest BCUT2D eigenvalue weighted by Crippen LogP contribution is -2.37. The van der Waals surface area contributed by atoms with E-state index in [9.17, 15) is 19.0 Å². The van der Waals surface area contributed by atoms with Gasteiger partial charge in [-0.3, -0.25) is 14.2 Å². The summed E-state index contributed by atoms with van der Waals surface area (Å²) >= 11 is 0. The van der Waals surface area contributed by atoms with Gasteiger partial charge in [0, 0.05) is 12.8 Å². The molecule has 0 amide bonds. The number of likely N-dealkylation sites (N-methyl/N-ethyl adjacent to an activating group) is 1. The van der Waals surface area contributed by atoms with Gasteiger partial charge in [-0.2, -0.15) is 0 Å². The van der Waals surface area contributed by atoms with Crippen LogP contribution in [0, 0.1) is 0 Å². The van der Waals surface area contributed by atoms with Gasteiger partial charge in [0.1, 0.15) is 19.8 Å².